The summed E-state index contributed by atoms with van der Waals surface area (Å²) in [6.45, 7) is 0. The molecule has 2 aromatic rings. The summed E-state index contributed by atoms with van der Waals surface area (Å²) < 4.78 is 25.8. The Hall–Kier alpha value is -2.04. The normalized spacial score (nSPS) is 10.7. The maximum atomic E-state index is 12.1. The molecule has 2 rings (SSSR count). The molecule has 0 unspecified atom stereocenters. The zero-order chi connectivity index (χ0) is 11.5. The number of rotatable bonds is 3. The number of ketones is 1. The Morgan fingerprint density at radius 3 is 2.44 bits per heavy atom. The molecule has 0 fully saturated rings. The molecule has 0 N–H and O–H groups in total. The third-order valence-electron chi connectivity index (χ3n) is 2.12. The Bertz CT molecular complexity index is 477. The van der Waals surface area contributed by atoms with Gasteiger partial charge in [0.2, 0.25) is 5.78 Å². The molecule has 5 heteroatoms. The van der Waals surface area contributed by atoms with E-state index in [-0.39, 0.29) is 5.56 Å². The Morgan fingerprint density at radius 2 is 1.94 bits per heavy atom. The largest absolute Gasteiger partial charge is 0.300 e. The van der Waals surface area contributed by atoms with Crippen molar-refractivity contribution in [2.45, 2.75) is 6.43 Å². The lowest BCUT2D eigenvalue weighted by Crippen LogP contribution is -2.10. The first-order chi connectivity index (χ1) is 7.68. The number of carbonyl (C=O) groups is 1. The lowest BCUT2D eigenvalue weighted by atomic mass is 10.1. The van der Waals surface area contributed by atoms with E-state index >= 15 is 0 Å². The van der Waals surface area contributed by atoms with Crippen LogP contribution in [0.25, 0.3) is 5.69 Å². The number of aromatic nitrogens is 2. The van der Waals surface area contributed by atoms with Gasteiger partial charge in [0.15, 0.2) is 0 Å². The van der Waals surface area contributed by atoms with E-state index in [4.69, 9.17) is 0 Å². The molecule has 0 amide bonds. The maximum absolute atomic E-state index is 12.1. The molecule has 0 bridgehead atoms. The van der Waals surface area contributed by atoms with E-state index < -0.39 is 12.2 Å². The number of benzene rings is 1. The monoisotopic (exact) mass is 222 g/mol. The molecule has 1 aromatic carbocycles. The highest BCUT2D eigenvalue weighted by molar-refractivity contribution is 5.98. The van der Waals surface area contributed by atoms with Crippen LogP contribution in [-0.4, -0.2) is 22.0 Å². The SMILES string of the molecule is O=C(c1ccc(-n2cccn2)cc1)C(F)F. The highest BCUT2D eigenvalue weighted by Crippen LogP contribution is 2.11. The number of hydrogen-bond acceptors (Lipinski definition) is 2. The van der Waals surface area contributed by atoms with Crippen molar-refractivity contribution in [3.05, 3.63) is 48.3 Å². The number of hydrogen-bond donors (Lipinski definition) is 0. The number of alkyl halides is 2. The van der Waals surface area contributed by atoms with Crippen LogP contribution >= 0.6 is 0 Å². The molecular formula is C11H8F2N2O. The molecule has 0 spiro atoms. The number of nitrogens with zero attached hydrogens (tertiary/aromatic N) is 2. The van der Waals surface area contributed by atoms with Crippen LogP contribution in [0.2, 0.25) is 0 Å². The van der Waals surface area contributed by atoms with Gasteiger partial charge in [-0.15, -0.1) is 0 Å². The zero-order valence-corrected chi connectivity index (χ0v) is 8.18. The van der Waals surface area contributed by atoms with Crippen LogP contribution in [0, 0.1) is 0 Å². The zero-order valence-electron chi connectivity index (χ0n) is 8.18. The van der Waals surface area contributed by atoms with E-state index in [1.54, 1.807) is 35.3 Å². The van der Waals surface area contributed by atoms with Gasteiger partial charge in [0.05, 0.1) is 5.69 Å². The average Bonchev–Trinajstić information content (AvgIpc) is 2.81. The predicted molar refractivity (Wildman–Crippen MR) is 53.9 cm³/mol. The van der Waals surface area contributed by atoms with Gasteiger partial charge in [-0.2, -0.15) is 5.10 Å². The summed E-state index contributed by atoms with van der Waals surface area (Å²) in [6, 6.07) is 7.63. The summed E-state index contributed by atoms with van der Waals surface area (Å²) in [5.74, 6) is -1.16. The van der Waals surface area contributed by atoms with Gasteiger partial charge in [-0.3, -0.25) is 4.79 Å². The van der Waals surface area contributed by atoms with Gasteiger partial charge in [0.25, 0.3) is 0 Å². The Kier molecular flexibility index (Phi) is 2.76. The third-order valence-corrected chi connectivity index (χ3v) is 2.12. The van der Waals surface area contributed by atoms with Crippen LogP contribution < -0.4 is 0 Å². The summed E-state index contributed by atoms with van der Waals surface area (Å²) in [4.78, 5) is 11.0. The summed E-state index contributed by atoms with van der Waals surface area (Å²) in [5.41, 5.74) is 0.724. The van der Waals surface area contributed by atoms with Gasteiger partial charge in [-0.05, 0) is 30.3 Å². The fourth-order valence-electron chi connectivity index (χ4n) is 1.33. The topological polar surface area (TPSA) is 34.9 Å². The second kappa shape index (κ2) is 4.22. The lowest BCUT2D eigenvalue weighted by molar-refractivity contribution is 0.0679. The minimum Gasteiger partial charge on any atom is -0.288 e. The van der Waals surface area contributed by atoms with E-state index in [1.165, 1.54) is 12.1 Å². The minimum atomic E-state index is -2.96. The Labute approximate surface area is 90.3 Å². The summed E-state index contributed by atoms with van der Waals surface area (Å²) >= 11 is 0. The average molecular weight is 222 g/mol. The quantitative estimate of drug-likeness (QED) is 0.747. The molecule has 82 valence electrons. The van der Waals surface area contributed by atoms with E-state index in [0.717, 1.165) is 5.69 Å². The molecule has 3 nitrogen and oxygen atoms in total. The lowest BCUT2D eigenvalue weighted by Gasteiger charge is -2.03. The molecule has 1 heterocycles. The maximum Gasteiger partial charge on any atom is 0.300 e. The number of carbonyl (C=O) groups excluding carboxylic acids is 1. The molecular weight excluding hydrogens is 214 g/mol. The standard InChI is InChI=1S/C11H8F2N2O/c12-11(13)10(16)8-2-4-9(5-3-8)15-7-1-6-14-15/h1-7,11H. The minimum absolute atomic E-state index is 0.00547. The first-order valence-corrected chi connectivity index (χ1v) is 4.61. The van der Waals surface area contributed by atoms with Crippen LogP contribution in [0.5, 0.6) is 0 Å². The van der Waals surface area contributed by atoms with E-state index in [0.29, 0.717) is 0 Å². The van der Waals surface area contributed by atoms with Crippen LogP contribution in [0.4, 0.5) is 8.78 Å². The Morgan fingerprint density at radius 1 is 1.25 bits per heavy atom. The third kappa shape index (κ3) is 1.98. The van der Waals surface area contributed by atoms with Gasteiger partial charge in [0.1, 0.15) is 0 Å². The molecule has 0 aliphatic heterocycles. The fourth-order valence-corrected chi connectivity index (χ4v) is 1.33. The first-order valence-electron chi connectivity index (χ1n) is 4.61. The van der Waals surface area contributed by atoms with Crippen molar-refractivity contribution in [3.63, 3.8) is 0 Å². The van der Waals surface area contributed by atoms with Crippen LogP contribution in [0.3, 0.4) is 0 Å². The van der Waals surface area contributed by atoms with Crippen LogP contribution in [-0.2, 0) is 0 Å². The predicted octanol–water partition coefficient (Wildman–Crippen LogP) is 2.32. The van der Waals surface area contributed by atoms with Crippen LogP contribution in [0.15, 0.2) is 42.7 Å². The number of Topliss-reactive ketones (excluding diaryl/α,β-unsaturated/α-hetero) is 1. The van der Waals surface area contributed by atoms with Crippen LogP contribution in [0.1, 0.15) is 10.4 Å². The van der Waals surface area contributed by atoms with Crippen molar-refractivity contribution in [1.82, 2.24) is 9.78 Å². The van der Waals surface area contributed by atoms with E-state index in [1.807, 2.05) is 0 Å². The molecule has 1 aromatic heterocycles. The highest BCUT2D eigenvalue weighted by atomic mass is 19.3. The van der Waals surface area contributed by atoms with Gasteiger partial charge in [0, 0.05) is 18.0 Å². The second-order valence-corrected chi connectivity index (χ2v) is 3.16. The van der Waals surface area contributed by atoms with Gasteiger partial charge in [-0.25, -0.2) is 13.5 Å². The highest BCUT2D eigenvalue weighted by Gasteiger charge is 2.17. The van der Waals surface area contributed by atoms with Crippen molar-refractivity contribution >= 4 is 5.78 Å². The van der Waals surface area contributed by atoms with E-state index in [2.05, 4.69) is 5.10 Å². The summed E-state index contributed by atoms with van der Waals surface area (Å²) in [7, 11) is 0. The van der Waals surface area contributed by atoms with Gasteiger partial charge in [-0.1, -0.05) is 0 Å². The summed E-state index contributed by atoms with van der Waals surface area (Å²) in [6.07, 6.45) is 0.373. The van der Waals surface area contributed by atoms with Crippen molar-refractivity contribution in [2.24, 2.45) is 0 Å². The van der Waals surface area contributed by atoms with Gasteiger partial charge < -0.3 is 0 Å². The smallest absolute Gasteiger partial charge is 0.288 e. The van der Waals surface area contributed by atoms with Crippen molar-refractivity contribution < 1.29 is 13.6 Å². The van der Waals surface area contributed by atoms with E-state index in [9.17, 15) is 13.6 Å². The first kappa shape index (κ1) is 10.5. The molecule has 0 radical (unpaired) electrons. The van der Waals surface area contributed by atoms with Crippen molar-refractivity contribution in [2.75, 3.05) is 0 Å². The fraction of sp³-hybridized carbons (Fsp3) is 0.0909. The molecule has 0 atom stereocenters. The number of halogens is 2. The second-order valence-electron chi connectivity index (χ2n) is 3.16. The summed E-state index contributed by atoms with van der Waals surface area (Å²) in [5, 5.41) is 3.98. The molecule has 0 saturated carbocycles. The van der Waals surface area contributed by atoms with Gasteiger partial charge >= 0.3 is 6.43 Å². The molecule has 0 aliphatic carbocycles. The van der Waals surface area contributed by atoms with Crippen molar-refractivity contribution in [1.29, 1.82) is 0 Å². The molecule has 16 heavy (non-hydrogen) atoms. The molecule has 0 aliphatic rings. The van der Waals surface area contributed by atoms with Crippen molar-refractivity contribution in [3.8, 4) is 5.69 Å². The Balaban J connectivity index is 2.27. The molecule has 0 saturated heterocycles.